The molecule has 5 rings (SSSR count). The fourth-order valence-corrected chi connectivity index (χ4v) is 5.86. The third-order valence-electron chi connectivity index (χ3n) is 6.16. The lowest BCUT2D eigenvalue weighted by molar-refractivity contribution is -0.0115. The molecule has 0 aromatic carbocycles. The predicted octanol–water partition coefficient (Wildman–Crippen LogP) is 3.13. The van der Waals surface area contributed by atoms with Gasteiger partial charge in [0.2, 0.25) is 0 Å². The summed E-state index contributed by atoms with van der Waals surface area (Å²) in [7, 11) is 2.04. The molecular formula is C17H27N3. The van der Waals surface area contributed by atoms with Crippen LogP contribution in [0.4, 0.5) is 0 Å². The standard InChI is InChI=1S/C17H27N3/c1-12(11-18-2)20-4-3-19-16(20)17-8-13-5-14(9-17)7-15(6-13)10-17/h3-4,12-15,18H,5-11H2,1-2H3. The summed E-state index contributed by atoms with van der Waals surface area (Å²) in [5.41, 5.74) is 0.417. The van der Waals surface area contributed by atoms with Gasteiger partial charge in [0, 0.05) is 30.4 Å². The quantitative estimate of drug-likeness (QED) is 0.913. The Morgan fingerprint density at radius 2 is 1.85 bits per heavy atom. The van der Waals surface area contributed by atoms with Crippen LogP contribution in [0.1, 0.15) is 57.3 Å². The Labute approximate surface area is 122 Å². The lowest BCUT2D eigenvalue weighted by Crippen LogP contribution is -2.50. The Kier molecular flexibility index (Phi) is 2.95. The largest absolute Gasteiger partial charge is 0.330 e. The maximum Gasteiger partial charge on any atom is 0.115 e. The smallest absolute Gasteiger partial charge is 0.115 e. The molecule has 1 aromatic rings. The predicted molar refractivity (Wildman–Crippen MR) is 80.7 cm³/mol. The van der Waals surface area contributed by atoms with Crippen molar-refractivity contribution in [3.8, 4) is 0 Å². The van der Waals surface area contributed by atoms with Crippen LogP contribution >= 0.6 is 0 Å². The Morgan fingerprint density at radius 1 is 1.25 bits per heavy atom. The summed E-state index contributed by atoms with van der Waals surface area (Å²) in [4.78, 5) is 4.84. The maximum absolute atomic E-state index is 4.84. The van der Waals surface area contributed by atoms with Gasteiger partial charge in [0.05, 0.1) is 0 Å². The Morgan fingerprint density at radius 3 is 2.40 bits per heavy atom. The topological polar surface area (TPSA) is 29.9 Å². The first-order chi connectivity index (χ1) is 9.70. The number of hydrogen-bond donors (Lipinski definition) is 1. The molecule has 1 aromatic heterocycles. The van der Waals surface area contributed by atoms with E-state index in [1.807, 2.05) is 13.2 Å². The number of rotatable bonds is 4. The van der Waals surface area contributed by atoms with E-state index in [1.165, 1.54) is 44.3 Å². The normalized spacial score (nSPS) is 40.2. The zero-order valence-electron chi connectivity index (χ0n) is 12.8. The molecule has 4 bridgehead atoms. The number of imidazole rings is 1. The van der Waals surface area contributed by atoms with Crippen molar-refractivity contribution in [1.29, 1.82) is 0 Å². The van der Waals surface area contributed by atoms with Crippen LogP contribution in [-0.2, 0) is 5.41 Å². The summed E-state index contributed by atoms with van der Waals surface area (Å²) in [6.45, 7) is 3.33. The van der Waals surface area contributed by atoms with Gasteiger partial charge >= 0.3 is 0 Å². The van der Waals surface area contributed by atoms with Crippen molar-refractivity contribution in [3.05, 3.63) is 18.2 Å². The first-order valence-electron chi connectivity index (χ1n) is 8.38. The molecule has 3 nitrogen and oxygen atoms in total. The summed E-state index contributed by atoms with van der Waals surface area (Å²) in [5.74, 6) is 4.38. The summed E-state index contributed by atoms with van der Waals surface area (Å²) in [5, 5.41) is 3.31. The van der Waals surface area contributed by atoms with Crippen LogP contribution in [0.2, 0.25) is 0 Å². The van der Waals surface area contributed by atoms with Crippen LogP contribution in [0.25, 0.3) is 0 Å². The van der Waals surface area contributed by atoms with Gasteiger partial charge in [0.1, 0.15) is 5.82 Å². The molecule has 1 heterocycles. The van der Waals surface area contributed by atoms with Gasteiger partial charge in [-0.15, -0.1) is 0 Å². The lowest BCUT2D eigenvalue weighted by atomic mass is 9.49. The molecule has 4 aliphatic rings. The fraction of sp³-hybridized carbons (Fsp3) is 0.824. The van der Waals surface area contributed by atoms with Crippen LogP contribution < -0.4 is 5.32 Å². The average molecular weight is 273 g/mol. The molecule has 0 aliphatic heterocycles. The molecule has 4 aliphatic carbocycles. The summed E-state index contributed by atoms with van der Waals surface area (Å²) in [6, 6.07) is 0.505. The highest BCUT2D eigenvalue weighted by molar-refractivity contribution is 5.19. The fourth-order valence-electron chi connectivity index (χ4n) is 5.86. The van der Waals surface area contributed by atoms with Crippen molar-refractivity contribution in [3.63, 3.8) is 0 Å². The summed E-state index contributed by atoms with van der Waals surface area (Å²) in [6.07, 6.45) is 13.0. The first kappa shape index (κ1) is 12.9. The molecule has 1 atom stereocenters. The van der Waals surface area contributed by atoms with Crippen LogP contribution in [0.3, 0.4) is 0 Å². The molecule has 110 valence electrons. The zero-order valence-corrected chi connectivity index (χ0v) is 12.8. The molecule has 1 N–H and O–H groups in total. The number of nitrogens with one attached hydrogen (secondary N) is 1. The molecular weight excluding hydrogens is 246 g/mol. The second kappa shape index (κ2) is 4.59. The number of hydrogen-bond acceptors (Lipinski definition) is 2. The second-order valence-corrected chi connectivity index (χ2v) is 7.76. The van der Waals surface area contributed by atoms with Gasteiger partial charge in [-0.05, 0) is 70.3 Å². The highest BCUT2D eigenvalue weighted by Crippen LogP contribution is 2.60. The number of aromatic nitrogens is 2. The van der Waals surface area contributed by atoms with Gasteiger partial charge in [-0.1, -0.05) is 0 Å². The third kappa shape index (κ3) is 1.86. The van der Waals surface area contributed by atoms with Crippen LogP contribution in [0.5, 0.6) is 0 Å². The van der Waals surface area contributed by atoms with Crippen molar-refractivity contribution in [2.75, 3.05) is 13.6 Å². The number of nitrogens with zero attached hydrogens (tertiary/aromatic N) is 2. The summed E-state index contributed by atoms with van der Waals surface area (Å²) < 4.78 is 2.46. The van der Waals surface area contributed by atoms with Crippen molar-refractivity contribution in [2.24, 2.45) is 17.8 Å². The summed E-state index contributed by atoms with van der Waals surface area (Å²) >= 11 is 0. The third-order valence-corrected chi connectivity index (χ3v) is 6.16. The molecule has 4 fully saturated rings. The lowest BCUT2D eigenvalue weighted by Gasteiger charge is -2.56. The Balaban J connectivity index is 1.69. The van der Waals surface area contributed by atoms with Crippen molar-refractivity contribution < 1.29 is 0 Å². The van der Waals surface area contributed by atoms with E-state index in [-0.39, 0.29) is 0 Å². The van der Waals surface area contributed by atoms with E-state index in [4.69, 9.17) is 4.98 Å². The molecule has 0 amide bonds. The van der Waals surface area contributed by atoms with Crippen molar-refractivity contribution in [1.82, 2.24) is 14.9 Å². The highest BCUT2D eigenvalue weighted by Gasteiger charge is 2.53. The van der Waals surface area contributed by atoms with Gasteiger partial charge in [-0.2, -0.15) is 0 Å². The van der Waals surface area contributed by atoms with E-state index in [9.17, 15) is 0 Å². The van der Waals surface area contributed by atoms with E-state index < -0.39 is 0 Å². The minimum Gasteiger partial charge on any atom is -0.330 e. The average Bonchev–Trinajstić information content (AvgIpc) is 2.87. The molecule has 4 saturated carbocycles. The van der Waals surface area contributed by atoms with E-state index in [1.54, 1.807) is 0 Å². The Hall–Kier alpha value is -0.830. The maximum atomic E-state index is 4.84. The molecule has 1 unspecified atom stereocenters. The second-order valence-electron chi connectivity index (χ2n) is 7.76. The SMILES string of the molecule is CNCC(C)n1ccnc1C12CC3CC(CC(C3)C1)C2. The molecule has 3 heteroatoms. The molecule has 20 heavy (non-hydrogen) atoms. The van der Waals surface area contributed by atoms with Crippen LogP contribution in [-0.4, -0.2) is 23.1 Å². The molecule has 0 radical (unpaired) electrons. The van der Waals surface area contributed by atoms with Gasteiger partial charge in [0.15, 0.2) is 0 Å². The first-order valence-corrected chi connectivity index (χ1v) is 8.38. The highest BCUT2D eigenvalue weighted by atomic mass is 15.1. The monoisotopic (exact) mass is 273 g/mol. The van der Waals surface area contributed by atoms with Gasteiger partial charge < -0.3 is 9.88 Å². The van der Waals surface area contributed by atoms with Crippen molar-refractivity contribution in [2.45, 2.75) is 56.9 Å². The van der Waals surface area contributed by atoms with Gasteiger partial charge in [-0.3, -0.25) is 0 Å². The zero-order chi connectivity index (χ0) is 13.7. The minimum atomic E-state index is 0.417. The minimum absolute atomic E-state index is 0.417. The Bertz CT molecular complexity index is 455. The van der Waals surface area contributed by atoms with Crippen LogP contribution in [0.15, 0.2) is 12.4 Å². The van der Waals surface area contributed by atoms with Crippen molar-refractivity contribution >= 4 is 0 Å². The van der Waals surface area contributed by atoms with Crippen LogP contribution in [0, 0.1) is 17.8 Å². The van der Waals surface area contributed by atoms with E-state index in [0.717, 1.165) is 24.3 Å². The van der Waals surface area contributed by atoms with E-state index in [0.29, 0.717) is 11.5 Å². The van der Waals surface area contributed by atoms with E-state index in [2.05, 4.69) is 23.0 Å². The van der Waals surface area contributed by atoms with Gasteiger partial charge in [0.25, 0.3) is 0 Å². The molecule has 0 spiro atoms. The van der Waals surface area contributed by atoms with Gasteiger partial charge in [-0.25, -0.2) is 4.98 Å². The number of likely N-dealkylation sites (N-methyl/N-ethyl adjacent to an activating group) is 1. The molecule has 0 saturated heterocycles. The van der Waals surface area contributed by atoms with E-state index >= 15 is 0 Å².